The zero-order valence-electron chi connectivity index (χ0n) is 17.5. The van der Waals surface area contributed by atoms with E-state index in [1.165, 1.54) is 15.5 Å². The molecule has 1 aliphatic rings. The predicted octanol–water partition coefficient (Wildman–Crippen LogP) is 6.01. The second kappa shape index (κ2) is 7.26. The number of fused-ring (bicyclic) bond motifs is 5. The molecule has 1 saturated carbocycles. The average Bonchev–Trinajstić information content (AvgIpc) is 3.23. The van der Waals surface area contributed by atoms with Crippen LogP contribution in [0.1, 0.15) is 47.2 Å². The van der Waals surface area contributed by atoms with Gasteiger partial charge in [-0.2, -0.15) is 31.4 Å². The Morgan fingerprint density at radius 1 is 1.09 bits per heavy atom. The molecule has 1 aliphatic carbocycles. The molecular formula is C20H12ClF6N7S. The highest BCUT2D eigenvalue weighted by molar-refractivity contribution is 7.26. The molecule has 0 spiro atoms. The van der Waals surface area contributed by atoms with Gasteiger partial charge in [-0.25, -0.2) is 19.5 Å². The Hall–Kier alpha value is -3.00. The first kappa shape index (κ1) is 22.5. The number of hydrogen-bond acceptors (Lipinski definition) is 6. The van der Waals surface area contributed by atoms with E-state index >= 15 is 0 Å². The minimum atomic E-state index is -4.70. The summed E-state index contributed by atoms with van der Waals surface area (Å²) in [6, 6.07) is 0.967. The van der Waals surface area contributed by atoms with E-state index in [4.69, 9.17) is 11.6 Å². The van der Waals surface area contributed by atoms with Gasteiger partial charge < -0.3 is 0 Å². The van der Waals surface area contributed by atoms with Crippen LogP contribution in [0.2, 0.25) is 5.02 Å². The van der Waals surface area contributed by atoms with Gasteiger partial charge in [0.25, 0.3) is 0 Å². The fourth-order valence-electron chi connectivity index (χ4n) is 4.10. The van der Waals surface area contributed by atoms with Crippen LogP contribution in [0.3, 0.4) is 0 Å². The van der Waals surface area contributed by atoms with Crippen molar-refractivity contribution >= 4 is 49.0 Å². The molecule has 6 rings (SSSR count). The number of aromatic nitrogens is 7. The fourth-order valence-corrected chi connectivity index (χ4v) is 5.68. The van der Waals surface area contributed by atoms with E-state index in [9.17, 15) is 26.3 Å². The Morgan fingerprint density at radius 2 is 1.83 bits per heavy atom. The van der Waals surface area contributed by atoms with Crippen LogP contribution in [0.15, 0.2) is 12.4 Å². The van der Waals surface area contributed by atoms with E-state index < -0.39 is 28.8 Å². The quantitative estimate of drug-likeness (QED) is 0.267. The summed E-state index contributed by atoms with van der Waals surface area (Å²) in [7, 11) is 0. The van der Waals surface area contributed by atoms with Crippen molar-refractivity contribution in [3.8, 4) is 0 Å². The van der Waals surface area contributed by atoms with Gasteiger partial charge >= 0.3 is 12.4 Å². The van der Waals surface area contributed by atoms with Gasteiger partial charge in [-0.15, -0.1) is 16.4 Å². The lowest BCUT2D eigenvalue weighted by Gasteiger charge is -2.06. The van der Waals surface area contributed by atoms with Crippen LogP contribution in [0.4, 0.5) is 26.3 Å². The standard InChI is InChI=1S/C20H12ClF6N7S/c1-7-4-9(19(22,23)24)29-18-11(7)13-15(35-18)17-30-10(31-34(17)6-28-13)5-33-14(8-2-3-8)12(21)16(32-33)20(25,26)27/h4,6,8H,2-3,5H2,1H3. The lowest BCUT2D eigenvalue weighted by Crippen LogP contribution is -2.10. The van der Waals surface area contributed by atoms with Gasteiger partial charge in [0.2, 0.25) is 0 Å². The third kappa shape index (κ3) is 3.61. The predicted molar refractivity (Wildman–Crippen MR) is 115 cm³/mol. The largest absolute Gasteiger partial charge is 0.436 e. The normalized spacial score (nSPS) is 15.2. The number of pyridine rings is 1. The highest BCUT2D eigenvalue weighted by Crippen LogP contribution is 2.47. The summed E-state index contributed by atoms with van der Waals surface area (Å²) in [5, 5.41) is 8.05. The Bertz CT molecular complexity index is 1640. The van der Waals surface area contributed by atoms with Crippen LogP contribution < -0.4 is 0 Å². The van der Waals surface area contributed by atoms with E-state index in [2.05, 4.69) is 25.1 Å². The molecule has 7 nitrogen and oxygen atoms in total. The van der Waals surface area contributed by atoms with Crippen molar-refractivity contribution in [1.29, 1.82) is 0 Å². The van der Waals surface area contributed by atoms with Crippen LogP contribution in [0.5, 0.6) is 0 Å². The maximum atomic E-state index is 13.4. The molecule has 0 N–H and O–H groups in total. The molecule has 5 heterocycles. The first-order chi connectivity index (χ1) is 16.4. The number of hydrogen-bond donors (Lipinski definition) is 0. The van der Waals surface area contributed by atoms with E-state index in [1.54, 1.807) is 6.92 Å². The van der Waals surface area contributed by atoms with Gasteiger partial charge in [0.05, 0.1) is 16.2 Å². The molecular weight excluding hydrogens is 520 g/mol. The van der Waals surface area contributed by atoms with Gasteiger partial charge in [-0.3, -0.25) is 4.68 Å². The number of rotatable bonds is 3. The Morgan fingerprint density at radius 3 is 2.49 bits per heavy atom. The van der Waals surface area contributed by atoms with E-state index in [-0.39, 0.29) is 23.1 Å². The maximum absolute atomic E-state index is 13.4. The number of aryl methyl sites for hydroxylation is 1. The number of nitrogens with zero attached hydrogens (tertiary/aromatic N) is 7. The SMILES string of the molecule is Cc1cc(C(F)(F)F)nc2sc3c(ncn4nc(Cn5nc(C(F)(F)F)c(Cl)c5C5CC5)nc34)c12. The lowest BCUT2D eigenvalue weighted by molar-refractivity contribution is -0.142. The van der Waals surface area contributed by atoms with Crippen LogP contribution >= 0.6 is 22.9 Å². The fraction of sp³-hybridized carbons (Fsp3) is 0.350. The van der Waals surface area contributed by atoms with Crippen molar-refractivity contribution in [3.05, 3.63) is 45.9 Å². The Balaban J connectivity index is 1.47. The summed E-state index contributed by atoms with van der Waals surface area (Å²) in [5.41, 5.74) is -0.762. The Kier molecular flexibility index (Phi) is 4.66. The van der Waals surface area contributed by atoms with Crippen molar-refractivity contribution < 1.29 is 26.3 Å². The second-order valence-electron chi connectivity index (χ2n) is 8.30. The number of alkyl halides is 6. The first-order valence-corrected chi connectivity index (χ1v) is 11.5. The molecule has 0 atom stereocenters. The summed E-state index contributed by atoms with van der Waals surface area (Å²) in [5.74, 6) is 0.0446. The third-order valence-electron chi connectivity index (χ3n) is 5.75. The highest BCUT2D eigenvalue weighted by atomic mass is 35.5. The van der Waals surface area contributed by atoms with Crippen LogP contribution in [-0.2, 0) is 18.9 Å². The second-order valence-corrected chi connectivity index (χ2v) is 9.68. The topological polar surface area (TPSA) is 73.8 Å². The van der Waals surface area contributed by atoms with Crippen LogP contribution in [-0.4, -0.2) is 34.3 Å². The molecule has 15 heteroatoms. The molecule has 1 fully saturated rings. The molecule has 0 saturated heterocycles. The van der Waals surface area contributed by atoms with Crippen molar-refractivity contribution in [2.24, 2.45) is 0 Å². The molecule has 0 aliphatic heterocycles. The first-order valence-electron chi connectivity index (χ1n) is 10.3. The number of thiophene rings is 1. The molecule has 182 valence electrons. The molecule has 0 unspecified atom stereocenters. The minimum absolute atomic E-state index is 0.115. The zero-order chi connectivity index (χ0) is 24.9. The highest BCUT2D eigenvalue weighted by Gasteiger charge is 2.42. The van der Waals surface area contributed by atoms with Crippen molar-refractivity contribution in [1.82, 2.24) is 34.3 Å². The monoisotopic (exact) mass is 531 g/mol. The van der Waals surface area contributed by atoms with Gasteiger partial charge in [0.15, 0.2) is 17.2 Å². The van der Waals surface area contributed by atoms with Gasteiger partial charge in [-0.1, -0.05) is 11.6 Å². The minimum Gasteiger partial charge on any atom is -0.259 e. The van der Waals surface area contributed by atoms with Crippen molar-refractivity contribution in [2.45, 2.75) is 44.6 Å². The van der Waals surface area contributed by atoms with E-state index in [0.717, 1.165) is 17.4 Å². The summed E-state index contributed by atoms with van der Waals surface area (Å²) < 4.78 is 82.7. The van der Waals surface area contributed by atoms with Crippen LogP contribution in [0, 0.1) is 6.92 Å². The summed E-state index contributed by atoms with van der Waals surface area (Å²) >= 11 is 7.03. The molecule has 0 radical (unpaired) electrons. The molecule has 0 amide bonds. The molecule has 0 bridgehead atoms. The van der Waals surface area contributed by atoms with E-state index in [1.807, 2.05) is 0 Å². The van der Waals surface area contributed by atoms with Crippen LogP contribution in [0.25, 0.3) is 26.1 Å². The smallest absolute Gasteiger partial charge is 0.259 e. The molecule has 5 aromatic heterocycles. The maximum Gasteiger partial charge on any atom is 0.436 e. The van der Waals surface area contributed by atoms with E-state index in [0.29, 0.717) is 45.3 Å². The van der Waals surface area contributed by atoms with Gasteiger partial charge in [0.1, 0.15) is 28.1 Å². The number of halogens is 7. The summed E-state index contributed by atoms with van der Waals surface area (Å²) in [6.07, 6.45) is -6.53. The van der Waals surface area contributed by atoms with Crippen molar-refractivity contribution in [3.63, 3.8) is 0 Å². The van der Waals surface area contributed by atoms with Gasteiger partial charge in [0, 0.05) is 11.3 Å². The lowest BCUT2D eigenvalue weighted by atomic mass is 10.1. The van der Waals surface area contributed by atoms with Gasteiger partial charge in [-0.05, 0) is 31.4 Å². The summed E-state index contributed by atoms with van der Waals surface area (Å²) in [4.78, 5) is 12.7. The summed E-state index contributed by atoms with van der Waals surface area (Å²) in [6.45, 7) is 1.39. The zero-order valence-corrected chi connectivity index (χ0v) is 19.1. The molecule has 5 aromatic rings. The third-order valence-corrected chi connectivity index (χ3v) is 7.20. The average molecular weight is 532 g/mol. The molecule has 0 aromatic carbocycles. The molecule has 35 heavy (non-hydrogen) atoms. The van der Waals surface area contributed by atoms with Crippen molar-refractivity contribution in [2.75, 3.05) is 0 Å². The Labute approximate surface area is 200 Å².